The second kappa shape index (κ2) is 10.3. The summed E-state index contributed by atoms with van der Waals surface area (Å²) in [5.74, 6) is 0.574. The van der Waals surface area contributed by atoms with Crippen LogP contribution in [0, 0.1) is 19.8 Å². The topological polar surface area (TPSA) is 125 Å². The maximum atomic E-state index is 13.2. The standard InChI is InChI=1S/C23H34N4O6S/c1-14-11-27(15(2)13-28)22(29)10-18-9-19(7-8-20(18)32-21(14)12-26(5)6)25-34(30,31)23-16(3)24-33-17(23)4/h7-9,14-15,21,25,28H,10-13H2,1-6H3/t14-,15-,21-/m1/s1. The van der Waals surface area contributed by atoms with E-state index in [1.165, 1.54) is 6.92 Å². The van der Waals surface area contributed by atoms with Crippen molar-refractivity contribution in [3.05, 3.63) is 35.2 Å². The van der Waals surface area contributed by atoms with Gasteiger partial charge in [0.25, 0.3) is 10.0 Å². The summed E-state index contributed by atoms with van der Waals surface area (Å²) >= 11 is 0. The molecule has 0 radical (unpaired) electrons. The molecule has 0 fully saturated rings. The first-order valence-corrected chi connectivity index (χ1v) is 12.7. The highest BCUT2D eigenvalue weighted by molar-refractivity contribution is 7.92. The number of amides is 1. The highest BCUT2D eigenvalue weighted by Crippen LogP contribution is 2.30. The number of carbonyl (C=O) groups excluding carboxylic acids is 1. The van der Waals surface area contributed by atoms with E-state index in [0.717, 1.165) is 0 Å². The molecule has 34 heavy (non-hydrogen) atoms. The van der Waals surface area contributed by atoms with Gasteiger partial charge in [-0.05, 0) is 53.1 Å². The zero-order chi connectivity index (χ0) is 25.2. The van der Waals surface area contributed by atoms with Crippen LogP contribution in [0.2, 0.25) is 0 Å². The molecule has 1 amide bonds. The van der Waals surface area contributed by atoms with Gasteiger partial charge in [0, 0.05) is 30.3 Å². The van der Waals surface area contributed by atoms with Gasteiger partial charge in [0.1, 0.15) is 17.5 Å². The fourth-order valence-electron chi connectivity index (χ4n) is 4.14. The van der Waals surface area contributed by atoms with E-state index in [4.69, 9.17) is 9.26 Å². The molecule has 1 aliphatic heterocycles. The highest BCUT2D eigenvalue weighted by atomic mass is 32.2. The predicted octanol–water partition coefficient (Wildman–Crippen LogP) is 1.80. The number of likely N-dealkylation sites (N-methyl/N-ethyl adjacent to an activating group) is 1. The number of benzene rings is 1. The molecule has 2 N–H and O–H groups in total. The van der Waals surface area contributed by atoms with Gasteiger partial charge in [0.15, 0.2) is 10.7 Å². The normalized spacial score (nSPS) is 20.2. The molecule has 3 atom stereocenters. The second-order valence-electron chi connectivity index (χ2n) is 9.23. The average Bonchev–Trinajstić information content (AvgIpc) is 3.11. The number of hydrogen-bond acceptors (Lipinski definition) is 8. The van der Waals surface area contributed by atoms with Crippen LogP contribution in [0.4, 0.5) is 5.69 Å². The Kier molecular flexibility index (Phi) is 7.89. The number of aliphatic hydroxyl groups is 1. The zero-order valence-electron chi connectivity index (χ0n) is 20.5. The van der Waals surface area contributed by atoms with Crippen molar-refractivity contribution >= 4 is 21.6 Å². The molecule has 1 aliphatic rings. The quantitative estimate of drug-likeness (QED) is 0.597. The third-order valence-corrected chi connectivity index (χ3v) is 7.58. The fraction of sp³-hybridized carbons (Fsp3) is 0.565. The van der Waals surface area contributed by atoms with Crippen LogP contribution in [0.5, 0.6) is 5.75 Å². The summed E-state index contributed by atoms with van der Waals surface area (Å²) in [6, 6.07) is 4.57. The van der Waals surface area contributed by atoms with E-state index in [2.05, 4.69) is 9.88 Å². The minimum atomic E-state index is -3.94. The van der Waals surface area contributed by atoms with Crippen LogP contribution in [0.1, 0.15) is 30.9 Å². The molecule has 10 nitrogen and oxygen atoms in total. The summed E-state index contributed by atoms with van der Waals surface area (Å²) in [6.45, 7) is 7.85. The lowest BCUT2D eigenvalue weighted by molar-refractivity contribution is -0.134. The van der Waals surface area contributed by atoms with Gasteiger partial charge in [-0.1, -0.05) is 12.1 Å². The van der Waals surface area contributed by atoms with E-state index in [0.29, 0.717) is 30.1 Å². The number of hydrogen-bond donors (Lipinski definition) is 2. The molecule has 1 aromatic carbocycles. The Labute approximate surface area is 200 Å². The van der Waals surface area contributed by atoms with Crippen molar-refractivity contribution in [3.63, 3.8) is 0 Å². The number of nitrogens with one attached hydrogen (secondary N) is 1. The molecule has 0 saturated carbocycles. The van der Waals surface area contributed by atoms with Crippen molar-refractivity contribution in [2.75, 3.05) is 38.5 Å². The van der Waals surface area contributed by atoms with E-state index >= 15 is 0 Å². The van der Waals surface area contributed by atoms with Crippen molar-refractivity contribution < 1.29 is 27.6 Å². The molecule has 0 aliphatic carbocycles. The number of aliphatic hydroxyl groups excluding tert-OH is 1. The first kappa shape index (κ1) is 26.0. The van der Waals surface area contributed by atoms with Gasteiger partial charge in [-0.15, -0.1) is 0 Å². The van der Waals surface area contributed by atoms with Gasteiger partial charge in [-0.25, -0.2) is 8.42 Å². The average molecular weight is 495 g/mol. The molecule has 2 aromatic rings. The number of sulfonamides is 1. The van der Waals surface area contributed by atoms with Gasteiger partial charge in [0.05, 0.1) is 19.1 Å². The molecule has 0 spiro atoms. The SMILES string of the molecule is Cc1noc(C)c1S(=O)(=O)Nc1ccc2c(c1)CC(=O)N([C@H](C)CO)C[C@@H](C)[C@@H](CN(C)C)O2. The molecular formula is C23H34N4O6S. The Morgan fingerprint density at radius 2 is 2.03 bits per heavy atom. The summed E-state index contributed by atoms with van der Waals surface area (Å²) in [7, 11) is -0.0330. The highest BCUT2D eigenvalue weighted by Gasteiger charge is 2.31. The lowest BCUT2D eigenvalue weighted by Gasteiger charge is -2.33. The Morgan fingerprint density at radius 1 is 1.32 bits per heavy atom. The number of carbonyl (C=O) groups is 1. The lowest BCUT2D eigenvalue weighted by Crippen LogP contribution is -2.47. The van der Waals surface area contributed by atoms with Gasteiger partial charge in [0.2, 0.25) is 5.91 Å². The summed E-state index contributed by atoms with van der Waals surface area (Å²) in [5, 5.41) is 13.4. The van der Waals surface area contributed by atoms with E-state index in [1.807, 2.05) is 25.9 Å². The summed E-state index contributed by atoms with van der Waals surface area (Å²) in [5.41, 5.74) is 1.13. The Bertz CT molecular complexity index is 1110. The minimum Gasteiger partial charge on any atom is -0.488 e. The first-order valence-electron chi connectivity index (χ1n) is 11.2. The molecule has 2 heterocycles. The molecule has 188 valence electrons. The molecule has 3 rings (SSSR count). The fourth-order valence-corrected chi connectivity index (χ4v) is 5.52. The maximum absolute atomic E-state index is 13.2. The van der Waals surface area contributed by atoms with Crippen LogP contribution in [-0.4, -0.2) is 80.3 Å². The van der Waals surface area contributed by atoms with Crippen LogP contribution in [0.3, 0.4) is 0 Å². The number of aromatic nitrogens is 1. The van der Waals surface area contributed by atoms with E-state index in [-0.39, 0.29) is 53.3 Å². The van der Waals surface area contributed by atoms with E-state index in [9.17, 15) is 18.3 Å². The predicted molar refractivity (Wildman–Crippen MR) is 127 cm³/mol. The smallest absolute Gasteiger partial charge is 0.267 e. The molecule has 0 bridgehead atoms. The van der Waals surface area contributed by atoms with Crippen LogP contribution in [0.15, 0.2) is 27.6 Å². The minimum absolute atomic E-state index is 0.00372. The first-order chi connectivity index (χ1) is 15.9. The number of nitrogens with zero attached hydrogens (tertiary/aromatic N) is 3. The summed E-state index contributed by atoms with van der Waals surface area (Å²) in [4.78, 5) is 16.9. The molecular weight excluding hydrogens is 460 g/mol. The number of aryl methyl sites for hydroxylation is 2. The van der Waals surface area contributed by atoms with Crippen molar-refractivity contribution in [1.82, 2.24) is 15.0 Å². The van der Waals surface area contributed by atoms with Crippen molar-refractivity contribution in [3.8, 4) is 5.75 Å². The molecule has 11 heteroatoms. The van der Waals surface area contributed by atoms with Crippen LogP contribution in [0.25, 0.3) is 0 Å². The Morgan fingerprint density at radius 3 is 2.62 bits per heavy atom. The number of fused-ring (bicyclic) bond motifs is 1. The summed E-state index contributed by atoms with van der Waals surface area (Å²) in [6.07, 6.45) is -0.194. The van der Waals surface area contributed by atoms with Gasteiger partial charge in [-0.3, -0.25) is 9.52 Å². The monoisotopic (exact) mass is 494 g/mol. The van der Waals surface area contributed by atoms with Crippen molar-refractivity contribution in [2.24, 2.45) is 5.92 Å². The third kappa shape index (κ3) is 5.70. The van der Waals surface area contributed by atoms with Gasteiger partial charge < -0.3 is 24.2 Å². The van der Waals surface area contributed by atoms with Gasteiger partial charge >= 0.3 is 0 Å². The molecule has 0 unspecified atom stereocenters. The second-order valence-corrected chi connectivity index (χ2v) is 10.9. The number of rotatable bonds is 7. The van der Waals surface area contributed by atoms with Crippen molar-refractivity contribution in [1.29, 1.82) is 0 Å². The van der Waals surface area contributed by atoms with Crippen molar-refractivity contribution in [2.45, 2.75) is 51.2 Å². The lowest BCUT2D eigenvalue weighted by atomic mass is 10.0. The number of anilines is 1. The van der Waals surface area contributed by atoms with Crippen LogP contribution >= 0.6 is 0 Å². The summed E-state index contributed by atoms with van der Waals surface area (Å²) < 4.78 is 39.8. The van der Waals surface area contributed by atoms with Gasteiger partial charge in [-0.2, -0.15) is 0 Å². The molecule has 0 saturated heterocycles. The Balaban J connectivity index is 1.99. The Hall–Kier alpha value is -2.63. The van der Waals surface area contributed by atoms with Crippen LogP contribution in [-0.2, 0) is 21.2 Å². The zero-order valence-corrected chi connectivity index (χ0v) is 21.3. The maximum Gasteiger partial charge on any atom is 0.267 e. The largest absolute Gasteiger partial charge is 0.488 e. The van der Waals surface area contributed by atoms with E-state index in [1.54, 1.807) is 36.9 Å². The molecule has 1 aromatic heterocycles. The van der Waals surface area contributed by atoms with Crippen LogP contribution < -0.4 is 9.46 Å². The number of ether oxygens (including phenoxy) is 1. The third-order valence-electron chi connectivity index (χ3n) is 5.95. The van der Waals surface area contributed by atoms with E-state index < -0.39 is 10.0 Å².